The third kappa shape index (κ3) is 3.69. The van der Waals surface area contributed by atoms with E-state index in [-0.39, 0.29) is 5.41 Å². The molecule has 0 amide bonds. The molecule has 4 rings (SSSR count). The van der Waals surface area contributed by atoms with Crippen molar-refractivity contribution in [3.05, 3.63) is 35.4 Å². The monoisotopic (exact) mass is 346 g/mol. The average Bonchev–Trinajstić information content (AvgIpc) is 2.55. The molecule has 1 aromatic rings. The van der Waals surface area contributed by atoms with Gasteiger partial charge in [0, 0.05) is 22.3 Å². The second-order valence-electron chi connectivity index (χ2n) is 7.75. The molecule has 0 radical (unpaired) electrons. The number of hydrogen-bond acceptors (Lipinski definition) is 3. The van der Waals surface area contributed by atoms with E-state index in [0.717, 1.165) is 30.1 Å². The lowest BCUT2D eigenvalue weighted by molar-refractivity contribution is -0.266. The summed E-state index contributed by atoms with van der Waals surface area (Å²) in [6, 6.07) is 8.40. The molecule has 3 heterocycles. The van der Waals surface area contributed by atoms with E-state index in [1.807, 2.05) is 0 Å². The van der Waals surface area contributed by atoms with Crippen LogP contribution < -0.4 is 0 Å². The molecule has 0 spiro atoms. The summed E-state index contributed by atoms with van der Waals surface area (Å²) < 4.78 is 12.3. The zero-order valence-electron chi connectivity index (χ0n) is 14.6. The highest BCUT2D eigenvalue weighted by molar-refractivity contribution is 8.00. The fraction of sp³-hybridized carbons (Fsp3) is 0.579. The Hall–Kier alpha value is -0.733. The first kappa shape index (κ1) is 17.1. The highest BCUT2D eigenvalue weighted by Gasteiger charge is 2.52. The quantitative estimate of drug-likeness (QED) is 0.588. The molecular weight excluding hydrogens is 320 g/mol. The second-order valence-corrected chi connectivity index (χ2v) is 13.6. The highest BCUT2D eigenvalue weighted by Crippen LogP contribution is 2.53. The molecule has 124 valence electrons. The zero-order chi connectivity index (χ0) is 16.6. The molecule has 0 aliphatic carbocycles. The summed E-state index contributed by atoms with van der Waals surface area (Å²) in [6.07, 6.45) is 2.37. The Kier molecular flexibility index (Phi) is 4.68. The number of benzene rings is 1. The van der Waals surface area contributed by atoms with Gasteiger partial charge in [-0.1, -0.05) is 62.8 Å². The summed E-state index contributed by atoms with van der Waals surface area (Å²) in [5.41, 5.74) is 5.81. The van der Waals surface area contributed by atoms with E-state index in [0.29, 0.717) is 0 Å². The van der Waals surface area contributed by atoms with Gasteiger partial charge in [-0.15, -0.1) is 5.54 Å². The van der Waals surface area contributed by atoms with Crippen molar-refractivity contribution >= 4 is 19.8 Å². The maximum absolute atomic E-state index is 6.17. The van der Waals surface area contributed by atoms with Crippen LogP contribution in [-0.2, 0) is 14.6 Å². The van der Waals surface area contributed by atoms with Crippen LogP contribution in [0.15, 0.2) is 24.3 Å². The van der Waals surface area contributed by atoms with Crippen LogP contribution in [0.2, 0.25) is 19.6 Å². The second kappa shape index (κ2) is 6.29. The molecule has 0 saturated carbocycles. The van der Waals surface area contributed by atoms with E-state index in [1.54, 1.807) is 11.8 Å². The van der Waals surface area contributed by atoms with Crippen LogP contribution in [0.5, 0.6) is 0 Å². The van der Waals surface area contributed by atoms with E-state index in [9.17, 15) is 0 Å². The van der Waals surface area contributed by atoms with Gasteiger partial charge in [-0.05, 0) is 18.6 Å². The maximum Gasteiger partial charge on any atom is 0.245 e. The van der Waals surface area contributed by atoms with Crippen LogP contribution in [0.1, 0.15) is 30.9 Å². The number of ether oxygens (including phenoxy) is 2. The molecule has 0 aromatic heterocycles. The van der Waals surface area contributed by atoms with Crippen molar-refractivity contribution in [2.24, 2.45) is 5.41 Å². The van der Waals surface area contributed by atoms with Crippen molar-refractivity contribution in [2.45, 2.75) is 44.5 Å². The molecule has 2 nitrogen and oxygen atoms in total. The molecule has 0 unspecified atom stereocenters. The molecule has 3 fully saturated rings. The van der Waals surface area contributed by atoms with Crippen molar-refractivity contribution < 1.29 is 9.47 Å². The van der Waals surface area contributed by atoms with Crippen LogP contribution in [0, 0.1) is 16.9 Å². The van der Waals surface area contributed by atoms with E-state index in [2.05, 4.69) is 62.3 Å². The maximum atomic E-state index is 6.17. The number of thioether (sulfide) groups is 1. The molecule has 1 aromatic carbocycles. The number of rotatable bonds is 3. The van der Waals surface area contributed by atoms with Gasteiger partial charge in [-0.2, -0.15) is 0 Å². The number of hydrogen-bond donors (Lipinski definition) is 0. The molecule has 3 aliphatic heterocycles. The first-order chi connectivity index (χ1) is 10.9. The first-order valence-corrected chi connectivity index (χ1v) is 12.9. The van der Waals surface area contributed by atoms with Gasteiger partial charge in [-0.25, -0.2) is 0 Å². The van der Waals surface area contributed by atoms with Gasteiger partial charge in [0.2, 0.25) is 5.12 Å². The predicted molar refractivity (Wildman–Crippen MR) is 100 cm³/mol. The Bertz CT molecular complexity index is 597. The molecule has 3 saturated heterocycles. The van der Waals surface area contributed by atoms with Gasteiger partial charge in [-0.3, -0.25) is 0 Å². The van der Waals surface area contributed by atoms with Gasteiger partial charge in [0.25, 0.3) is 0 Å². The normalized spacial score (nSPS) is 29.9. The Morgan fingerprint density at radius 1 is 1.13 bits per heavy atom. The smallest absolute Gasteiger partial charge is 0.245 e. The minimum atomic E-state index is -1.33. The third-order valence-corrected chi connectivity index (χ3v) is 6.79. The van der Waals surface area contributed by atoms with Gasteiger partial charge in [0.15, 0.2) is 0 Å². The molecule has 4 heteroatoms. The first-order valence-electron chi connectivity index (χ1n) is 8.42. The Balaban J connectivity index is 1.75. The summed E-state index contributed by atoms with van der Waals surface area (Å²) >= 11 is 1.80. The largest absolute Gasteiger partial charge is 0.337 e. The van der Waals surface area contributed by atoms with E-state index >= 15 is 0 Å². The molecule has 23 heavy (non-hydrogen) atoms. The van der Waals surface area contributed by atoms with E-state index in [4.69, 9.17) is 9.47 Å². The summed E-state index contributed by atoms with van der Waals surface area (Å²) in [5.74, 6) is 4.42. The molecule has 0 atom stereocenters. The third-order valence-electron chi connectivity index (χ3n) is 4.31. The van der Waals surface area contributed by atoms with Crippen molar-refractivity contribution in [3.63, 3.8) is 0 Å². The fourth-order valence-corrected chi connectivity index (χ4v) is 4.92. The Morgan fingerprint density at radius 3 is 2.26 bits per heavy atom. The van der Waals surface area contributed by atoms with Crippen molar-refractivity contribution in [2.75, 3.05) is 19.0 Å². The summed E-state index contributed by atoms with van der Waals surface area (Å²) in [5, 5.41) is -0.597. The van der Waals surface area contributed by atoms with Gasteiger partial charge >= 0.3 is 0 Å². The lowest BCUT2D eigenvalue weighted by Crippen LogP contribution is -2.53. The van der Waals surface area contributed by atoms with Crippen molar-refractivity contribution in [1.82, 2.24) is 0 Å². The molecule has 0 N–H and O–H groups in total. The van der Waals surface area contributed by atoms with E-state index in [1.165, 1.54) is 12.8 Å². The van der Waals surface area contributed by atoms with Crippen molar-refractivity contribution in [3.8, 4) is 11.5 Å². The zero-order valence-corrected chi connectivity index (χ0v) is 16.4. The molecule has 2 bridgehead atoms. The van der Waals surface area contributed by atoms with Crippen molar-refractivity contribution in [1.29, 1.82) is 0 Å². The highest BCUT2D eigenvalue weighted by atomic mass is 32.2. The van der Waals surface area contributed by atoms with E-state index < -0.39 is 13.2 Å². The lowest BCUT2D eigenvalue weighted by Gasteiger charge is -2.52. The molecular formula is C19H26O2SSi. The Morgan fingerprint density at radius 2 is 1.78 bits per heavy atom. The topological polar surface area (TPSA) is 18.5 Å². The summed E-state index contributed by atoms with van der Waals surface area (Å²) in [7, 11) is -1.33. The van der Waals surface area contributed by atoms with Crippen LogP contribution in [0.25, 0.3) is 0 Å². The van der Waals surface area contributed by atoms with Crippen LogP contribution >= 0.6 is 11.8 Å². The minimum Gasteiger partial charge on any atom is -0.337 e. The fourth-order valence-electron chi connectivity index (χ4n) is 3.01. The lowest BCUT2D eigenvalue weighted by atomic mass is 9.86. The summed E-state index contributed by atoms with van der Waals surface area (Å²) in [4.78, 5) is 0. The number of fused-ring (bicyclic) bond motifs is 3. The van der Waals surface area contributed by atoms with Crippen LogP contribution in [-0.4, -0.2) is 27.0 Å². The molecule has 3 aliphatic rings. The standard InChI is InChI=1S/C19H26O2SSi/c1-5-11-18-13-20-19(21-14-18,22-15-18)17-8-6-16(7-9-17)10-12-23(2,3)4/h6-9H,5,11,13-15H2,1-4H3. The SMILES string of the molecule is CCCC12COC(c3ccc(C#C[Si](C)(C)C)cc3)(OC1)SC2. The van der Waals surface area contributed by atoms with Crippen LogP contribution in [0.3, 0.4) is 0 Å². The average molecular weight is 347 g/mol. The Labute approximate surface area is 145 Å². The van der Waals surface area contributed by atoms with Gasteiger partial charge < -0.3 is 9.47 Å². The minimum absolute atomic E-state index is 0.226. The summed E-state index contributed by atoms with van der Waals surface area (Å²) in [6.45, 7) is 10.6. The van der Waals surface area contributed by atoms with Gasteiger partial charge in [0.05, 0.1) is 13.2 Å². The van der Waals surface area contributed by atoms with Gasteiger partial charge in [0.1, 0.15) is 8.07 Å². The van der Waals surface area contributed by atoms with Crippen LogP contribution in [0.4, 0.5) is 0 Å². The predicted octanol–water partition coefficient (Wildman–Crippen LogP) is 4.61.